The quantitative estimate of drug-likeness (QED) is 0.837. The number of rotatable bonds is 5. The van der Waals surface area contributed by atoms with Crippen molar-refractivity contribution in [3.8, 4) is 0 Å². The molecule has 1 aliphatic rings. The summed E-state index contributed by atoms with van der Waals surface area (Å²) in [5, 5.41) is 3.06. The molecule has 1 heterocycles. The lowest BCUT2D eigenvalue weighted by Crippen LogP contribution is -2.27. The minimum atomic E-state index is -0.0256. The van der Waals surface area contributed by atoms with E-state index < -0.39 is 0 Å². The highest BCUT2D eigenvalue weighted by Gasteiger charge is 2.37. The van der Waals surface area contributed by atoms with E-state index in [-0.39, 0.29) is 5.91 Å². The summed E-state index contributed by atoms with van der Waals surface area (Å²) < 4.78 is 0. The molecule has 0 radical (unpaired) electrons. The number of hydrogen-bond acceptors (Lipinski definition) is 3. The predicted octanol–water partition coefficient (Wildman–Crippen LogP) is 2.14. The maximum atomic E-state index is 12.1. The Morgan fingerprint density at radius 3 is 2.94 bits per heavy atom. The van der Waals surface area contributed by atoms with E-state index in [1.807, 2.05) is 13.0 Å². The number of amides is 1. The molecule has 1 aromatic rings. The van der Waals surface area contributed by atoms with Crippen molar-refractivity contribution in [2.24, 2.45) is 5.92 Å². The van der Waals surface area contributed by atoms with E-state index in [2.05, 4.69) is 17.2 Å². The number of nitrogen functional groups attached to an aromatic ring is 1. The van der Waals surface area contributed by atoms with Crippen LogP contribution in [0.1, 0.15) is 49.2 Å². The van der Waals surface area contributed by atoms with Crippen molar-refractivity contribution in [2.45, 2.75) is 45.6 Å². The molecule has 0 aromatic carbocycles. The second-order valence-electron chi connectivity index (χ2n) is 4.99. The van der Waals surface area contributed by atoms with E-state index in [0.717, 1.165) is 18.5 Å². The second kappa shape index (κ2) is 5.38. The molecule has 1 fully saturated rings. The number of aryl methyl sites for hydroxylation is 1. The normalized spacial score (nSPS) is 21.7. The van der Waals surface area contributed by atoms with Gasteiger partial charge in [0, 0.05) is 17.3 Å². The van der Waals surface area contributed by atoms with Gasteiger partial charge in [-0.25, -0.2) is 4.98 Å². The fourth-order valence-electron chi connectivity index (χ4n) is 2.29. The third kappa shape index (κ3) is 3.00. The highest BCUT2D eigenvalue weighted by Crippen LogP contribution is 2.34. The van der Waals surface area contributed by atoms with E-state index in [9.17, 15) is 4.79 Å². The molecule has 1 aliphatic carbocycles. The number of pyridine rings is 1. The summed E-state index contributed by atoms with van der Waals surface area (Å²) in [6, 6.07) is 3.83. The van der Waals surface area contributed by atoms with Crippen molar-refractivity contribution in [3.05, 3.63) is 23.4 Å². The number of nitrogens with two attached hydrogens (primary N) is 1. The average Bonchev–Trinajstić information content (AvgIpc) is 3.07. The number of aromatic nitrogens is 1. The molecule has 98 valence electrons. The first-order valence-electron chi connectivity index (χ1n) is 6.71. The highest BCUT2D eigenvalue weighted by atomic mass is 16.1. The smallest absolute Gasteiger partial charge is 0.251 e. The summed E-state index contributed by atoms with van der Waals surface area (Å²) in [6.45, 7) is 4.18. The fraction of sp³-hybridized carbons (Fsp3) is 0.571. The van der Waals surface area contributed by atoms with Crippen LogP contribution in [0.25, 0.3) is 0 Å². The van der Waals surface area contributed by atoms with E-state index in [0.29, 0.717) is 23.3 Å². The lowest BCUT2D eigenvalue weighted by Gasteiger charge is -2.07. The predicted molar refractivity (Wildman–Crippen MR) is 72.3 cm³/mol. The molecule has 3 N–H and O–H groups in total. The first-order valence-corrected chi connectivity index (χ1v) is 6.71. The van der Waals surface area contributed by atoms with E-state index in [1.54, 1.807) is 6.07 Å². The van der Waals surface area contributed by atoms with Crippen LogP contribution in [0.5, 0.6) is 0 Å². The molecule has 0 aliphatic heterocycles. The molecule has 2 unspecified atom stereocenters. The molecular weight excluding hydrogens is 226 g/mol. The number of anilines is 1. The fourth-order valence-corrected chi connectivity index (χ4v) is 2.29. The van der Waals surface area contributed by atoms with E-state index >= 15 is 0 Å². The zero-order valence-corrected chi connectivity index (χ0v) is 11.1. The van der Waals surface area contributed by atoms with Crippen LogP contribution < -0.4 is 11.1 Å². The number of carbonyl (C=O) groups excluding carboxylic acids is 1. The van der Waals surface area contributed by atoms with Crippen LogP contribution >= 0.6 is 0 Å². The maximum absolute atomic E-state index is 12.1. The number of nitrogens with one attached hydrogen (secondary N) is 1. The summed E-state index contributed by atoms with van der Waals surface area (Å²) in [7, 11) is 0. The van der Waals surface area contributed by atoms with Gasteiger partial charge in [-0.3, -0.25) is 4.79 Å². The Morgan fingerprint density at radius 2 is 2.28 bits per heavy atom. The maximum Gasteiger partial charge on any atom is 0.251 e. The van der Waals surface area contributed by atoms with Crippen LogP contribution in [0.15, 0.2) is 12.1 Å². The Kier molecular flexibility index (Phi) is 3.84. The molecule has 0 spiro atoms. The SMILES string of the molecule is CCCC1CC1NC(=O)c1cc(N)nc(CC)c1. The largest absolute Gasteiger partial charge is 0.384 e. The molecule has 1 saturated carbocycles. The van der Waals surface area contributed by atoms with Crippen molar-refractivity contribution in [2.75, 3.05) is 5.73 Å². The van der Waals surface area contributed by atoms with Crippen LogP contribution in [0, 0.1) is 5.92 Å². The Bertz CT molecular complexity index is 445. The third-order valence-corrected chi connectivity index (χ3v) is 3.42. The lowest BCUT2D eigenvalue weighted by molar-refractivity contribution is 0.0948. The van der Waals surface area contributed by atoms with Gasteiger partial charge in [0.2, 0.25) is 0 Å². The first-order chi connectivity index (χ1) is 8.63. The van der Waals surface area contributed by atoms with Crippen molar-refractivity contribution >= 4 is 11.7 Å². The van der Waals surface area contributed by atoms with Gasteiger partial charge in [0.25, 0.3) is 5.91 Å². The van der Waals surface area contributed by atoms with Crippen molar-refractivity contribution < 1.29 is 4.79 Å². The van der Waals surface area contributed by atoms with Gasteiger partial charge in [-0.05, 0) is 37.3 Å². The van der Waals surface area contributed by atoms with Crippen molar-refractivity contribution in [1.29, 1.82) is 0 Å². The van der Waals surface area contributed by atoms with Crippen LogP contribution in [0.3, 0.4) is 0 Å². The molecule has 18 heavy (non-hydrogen) atoms. The van der Waals surface area contributed by atoms with Crippen LogP contribution in [0.2, 0.25) is 0 Å². The van der Waals surface area contributed by atoms with Gasteiger partial charge in [-0.15, -0.1) is 0 Å². The number of nitrogens with zero attached hydrogens (tertiary/aromatic N) is 1. The van der Waals surface area contributed by atoms with Gasteiger partial charge < -0.3 is 11.1 Å². The van der Waals surface area contributed by atoms with Gasteiger partial charge in [-0.2, -0.15) is 0 Å². The second-order valence-corrected chi connectivity index (χ2v) is 4.99. The van der Waals surface area contributed by atoms with E-state index in [4.69, 9.17) is 5.73 Å². The van der Waals surface area contributed by atoms with Gasteiger partial charge in [0.1, 0.15) is 5.82 Å². The molecule has 0 saturated heterocycles. The van der Waals surface area contributed by atoms with Gasteiger partial charge in [0.15, 0.2) is 0 Å². The summed E-state index contributed by atoms with van der Waals surface area (Å²) in [6.07, 6.45) is 4.27. The molecule has 4 heteroatoms. The minimum Gasteiger partial charge on any atom is -0.384 e. The summed E-state index contributed by atoms with van der Waals surface area (Å²) in [5.41, 5.74) is 7.19. The zero-order chi connectivity index (χ0) is 13.1. The van der Waals surface area contributed by atoms with Gasteiger partial charge in [-0.1, -0.05) is 20.3 Å². The Morgan fingerprint density at radius 1 is 1.50 bits per heavy atom. The van der Waals surface area contributed by atoms with Gasteiger partial charge in [0.05, 0.1) is 0 Å². The summed E-state index contributed by atoms with van der Waals surface area (Å²) in [5.74, 6) is 1.06. The molecular formula is C14H21N3O. The van der Waals surface area contributed by atoms with Gasteiger partial charge >= 0.3 is 0 Å². The molecule has 1 amide bonds. The zero-order valence-electron chi connectivity index (χ0n) is 11.1. The van der Waals surface area contributed by atoms with Crippen LogP contribution in [-0.4, -0.2) is 16.9 Å². The standard InChI is InChI=1S/C14H21N3O/c1-3-5-9-7-12(9)17-14(18)10-6-11(4-2)16-13(15)8-10/h6,8-9,12H,3-5,7H2,1-2H3,(H2,15,16)(H,17,18). The van der Waals surface area contributed by atoms with Crippen LogP contribution in [-0.2, 0) is 6.42 Å². The molecule has 2 atom stereocenters. The van der Waals surface area contributed by atoms with Crippen molar-refractivity contribution in [3.63, 3.8) is 0 Å². The Labute approximate surface area is 108 Å². The minimum absolute atomic E-state index is 0.0256. The topological polar surface area (TPSA) is 68.0 Å². The summed E-state index contributed by atoms with van der Waals surface area (Å²) >= 11 is 0. The van der Waals surface area contributed by atoms with Crippen LogP contribution in [0.4, 0.5) is 5.82 Å². The first kappa shape index (κ1) is 12.9. The van der Waals surface area contributed by atoms with E-state index in [1.165, 1.54) is 12.8 Å². The lowest BCUT2D eigenvalue weighted by atomic mass is 10.1. The summed E-state index contributed by atoms with van der Waals surface area (Å²) in [4.78, 5) is 16.2. The Balaban J connectivity index is 1.99. The average molecular weight is 247 g/mol. The monoisotopic (exact) mass is 247 g/mol. The number of carbonyl (C=O) groups is 1. The molecule has 0 bridgehead atoms. The number of hydrogen-bond donors (Lipinski definition) is 2. The molecule has 1 aromatic heterocycles. The third-order valence-electron chi connectivity index (χ3n) is 3.42. The molecule has 4 nitrogen and oxygen atoms in total. The molecule has 2 rings (SSSR count). The Hall–Kier alpha value is -1.58. The highest BCUT2D eigenvalue weighted by molar-refractivity contribution is 5.95. The van der Waals surface area contributed by atoms with Crippen molar-refractivity contribution in [1.82, 2.24) is 10.3 Å².